The summed E-state index contributed by atoms with van der Waals surface area (Å²) in [4.78, 5) is 12.0. The Morgan fingerprint density at radius 3 is 2.86 bits per heavy atom. The fourth-order valence-electron chi connectivity index (χ4n) is 4.07. The van der Waals surface area contributed by atoms with Crippen molar-refractivity contribution in [1.82, 2.24) is 29.9 Å². The molecule has 0 aromatic carbocycles. The Hall–Kier alpha value is -3.26. The van der Waals surface area contributed by atoms with Crippen molar-refractivity contribution in [3.05, 3.63) is 42.4 Å². The Labute approximate surface area is 168 Å². The zero-order valence-corrected chi connectivity index (χ0v) is 16.8. The van der Waals surface area contributed by atoms with Crippen LogP contribution < -0.4 is 4.90 Å². The van der Waals surface area contributed by atoms with Crippen molar-refractivity contribution >= 4 is 16.7 Å². The molecule has 0 bridgehead atoms. The molecule has 1 aliphatic heterocycles. The number of hydrogen-bond donors (Lipinski definition) is 1. The molecule has 8 heteroatoms. The topological polar surface area (TPSA) is 84.8 Å². The number of aromatic amines is 1. The molecule has 0 amide bonds. The Morgan fingerprint density at radius 2 is 2.14 bits per heavy atom. The normalized spacial score (nSPS) is 17.2. The summed E-state index contributed by atoms with van der Waals surface area (Å²) in [6, 6.07) is 6.37. The van der Waals surface area contributed by atoms with Gasteiger partial charge in [0, 0.05) is 36.9 Å². The molecule has 0 spiro atoms. The summed E-state index contributed by atoms with van der Waals surface area (Å²) in [5.74, 6) is 0.928. The number of ether oxygens (including phenoxy) is 1. The summed E-state index contributed by atoms with van der Waals surface area (Å²) in [6.45, 7) is 6.45. The van der Waals surface area contributed by atoms with Crippen molar-refractivity contribution in [3.8, 4) is 22.6 Å². The van der Waals surface area contributed by atoms with Crippen molar-refractivity contribution in [2.75, 3.05) is 24.7 Å². The van der Waals surface area contributed by atoms with E-state index in [-0.39, 0.29) is 6.04 Å². The second-order valence-electron chi connectivity index (χ2n) is 7.47. The average Bonchev–Trinajstić information content (AvgIpc) is 3.37. The van der Waals surface area contributed by atoms with E-state index >= 15 is 0 Å². The van der Waals surface area contributed by atoms with E-state index in [9.17, 15) is 0 Å². The quantitative estimate of drug-likeness (QED) is 0.580. The maximum Gasteiger partial charge on any atom is 0.130 e. The molecule has 8 nitrogen and oxygen atoms in total. The third-order valence-corrected chi connectivity index (χ3v) is 5.51. The van der Waals surface area contributed by atoms with E-state index in [2.05, 4.69) is 45.1 Å². The van der Waals surface area contributed by atoms with E-state index in [0.29, 0.717) is 13.2 Å². The summed E-state index contributed by atoms with van der Waals surface area (Å²) < 4.78 is 7.56. The number of fused-ring (bicyclic) bond motifs is 1. The van der Waals surface area contributed by atoms with Crippen molar-refractivity contribution in [3.63, 3.8) is 0 Å². The zero-order valence-electron chi connectivity index (χ0n) is 16.8. The predicted octanol–water partition coefficient (Wildman–Crippen LogP) is 2.95. The monoisotopic (exact) mass is 389 g/mol. The first-order chi connectivity index (χ1) is 14.1. The van der Waals surface area contributed by atoms with Crippen molar-refractivity contribution < 1.29 is 4.74 Å². The molecule has 0 unspecified atom stereocenters. The number of rotatable bonds is 3. The minimum atomic E-state index is 0.251. The van der Waals surface area contributed by atoms with Crippen LogP contribution in [0.1, 0.15) is 12.5 Å². The summed E-state index contributed by atoms with van der Waals surface area (Å²) in [5, 5.41) is 12.6. The number of hydrogen-bond acceptors (Lipinski definition) is 6. The standard InChI is InChI=1S/C21H23N7O/c1-13-11-24-27(3)21(13)16-10-18(28-8-9-29-12-14(28)2)25-19-15(16)4-6-22-20(19)17-5-7-23-26-17/h4-7,10-11,14H,8-9,12H2,1-3H3,(H,23,26)/t14-/m1/s1. The van der Waals surface area contributed by atoms with Crippen LogP contribution in [0, 0.1) is 6.92 Å². The van der Waals surface area contributed by atoms with Gasteiger partial charge in [0.05, 0.1) is 36.8 Å². The van der Waals surface area contributed by atoms with Gasteiger partial charge in [-0.3, -0.25) is 14.8 Å². The Kier molecular flexibility index (Phi) is 4.28. The molecule has 0 radical (unpaired) electrons. The number of anilines is 1. The van der Waals surface area contributed by atoms with Gasteiger partial charge in [-0.1, -0.05) is 0 Å². The van der Waals surface area contributed by atoms with Crippen molar-refractivity contribution in [2.45, 2.75) is 19.9 Å². The second-order valence-corrected chi connectivity index (χ2v) is 7.47. The number of H-pyrrole nitrogens is 1. The minimum absolute atomic E-state index is 0.251. The van der Waals surface area contributed by atoms with Gasteiger partial charge in [0.15, 0.2) is 0 Å². The molecule has 1 atom stereocenters. The van der Waals surface area contributed by atoms with Crippen molar-refractivity contribution in [2.24, 2.45) is 7.05 Å². The lowest BCUT2D eigenvalue weighted by Gasteiger charge is -2.34. The molecule has 4 aromatic heterocycles. The average molecular weight is 389 g/mol. The molecule has 1 N–H and O–H groups in total. The summed E-state index contributed by atoms with van der Waals surface area (Å²) >= 11 is 0. The molecular weight excluding hydrogens is 366 g/mol. The summed E-state index contributed by atoms with van der Waals surface area (Å²) in [5.41, 5.74) is 5.81. The molecular formula is C21H23N7O. The van der Waals surface area contributed by atoms with Crippen LogP contribution in [0.15, 0.2) is 36.8 Å². The van der Waals surface area contributed by atoms with E-state index in [4.69, 9.17) is 9.72 Å². The van der Waals surface area contributed by atoms with Gasteiger partial charge in [-0.25, -0.2) is 4.98 Å². The molecule has 1 fully saturated rings. The van der Waals surface area contributed by atoms with Gasteiger partial charge in [-0.05, 0) is 37.6 Å². The van der Waals surface area contributed by atoms with E-state index < -0.39 is 0 Å². The number of pyridine rings is 2. The first kappa shape index (κ1) is 17.8. The summed E-state index contributed by atoms with van der Waals surface area (Å²) in [6.07, 6.45) is 5.46. The Bertz CT molecular complexity index is 1150. The van der Waals surface area contributed by atoms with Crippen LogP contribution in [-0.2, 0) is 11.8 Å². The minimum Gasteiger partial charge on any atom is -0.377 e. The number of nitrogens with zero attached hydrogens (tertiary/aromatic N) is 6. The van der Waals surface area contributed by atoms with Gasteiger partial charge in [-0.15, -0.1) is 0 Å². The van der Waals surface area contributed by atoms with Crippen LogP contribution in [0.4, 0.5) is 5.82 Å². The zero-order chi connectivity index (χ0) is 20.0. The molecule has 1 aliphatic rings. The molecule has 5 rings (SSSR count). The number of nitrogens with one attached hydrogen (secondary N) is 1. The van der Waals surface area contributed by atoms with E-state index in [1.54, 1.807) is 6.20 Å². The fourth-order valence-corrected chi connectivity index (χ4v) is 4.07. The van der Waals surface area contributed by atoms with Crippen LogP contribution in [0.5, 0.6) is 0 Å². The molecule has 29 heavy (non-hydrogen) atoms. The molecule has 148 valence electrons. The van der Waals surface area contributed by atoms with Gasteiger partial charge in [0.25, 0.3) is 0 Å². The smallest absolute Gasteiger partial charge is 0.130 e. The Balaban J connectivity index is 1.82. The maximum absolute atomic E-state index is 5.64. The van der Waals surface area contributed by atoms with Gasteiger partial charge >= 0.3 is 0 Å². The van der Waals surface area contributed by atoms with Gasteiger partial charge in [-0.2, -0.15) is 10.2 Å². The number of morpholine rings is 1. The van der Waals surface area contributed by atoms with E-state index in [1.807, 2.05) is 36.3 Å². The number of aromatic nitrogens is 6. The lowest BCUT2D eigenvalue weighted by atomic mass is 10.0. The number of aryl methyl sites for hydroxylation is 2. The van der Waals surface area contributed by atoms with Crippen LogP contribution in [-0.4, -0.2) is 55.7 Å². The SMILES string of the molecule is Cc1cnn(C)c1-c1cc(N2CCOC[C@H]2C)nc2c(-c3ccn[nH]3)nccc12. The molecule has 5 heterocycles. The largest absolute Gasteiger partial charge is 0.377 e. The van der Waals surface area contributed by atoms with Gasteiger partial charge in [0.2, 0.25) is 0 Å². The van der Waals surface area contributed by atoms with Crippen LogP contribution in [0.3, 0.4) is 0 Å². The third kappa shape index (κ3) is 2.96. The lowest BCUT2D eigenvalue weighted by molar-refractivity contribution is 0.0986. The van der Waals surface area contributed by atoms with E-state index in [0.717, 1.165) is 51.5 Å². The van der Waals surface area contributed by atoms with Crippen LogP contribution in [0.25, 0.3) is 33.5 Å². The third-order valence-electron chi connectivity index (χ3n) is 5.51. The summed E-state index contributed by atoms with van der Waals surface area (Å²) in [7, 11) is 1.97. The molecule has 4 aromatic rings. The second kappa shape index (κ2) is 6.97. The molecule has 0 aliphatic carbocycles. The van der Waals surface area contributed by atoms with Crippen molar-refractivity contribution in [1.29, 1.82) is 0 Å². The lowest BCUT2D eigenvalue weighted by Crippen LogP contribution is -2.44. The fraction of sp³-hybridized carbons (Fsp3) is 0.333. The van der Waals surface area contributed by atoms with Gasteiger partial charge in [0.1, 0.15) is 17.0 Å². The maximum atomic E-state index is 5.64. The van der Waals surface area contributed by atoms with E-state index in [1.165, 1.54) is 0 Å². The highest BCUT2D eigenvalue weighted by Gasteiger charge is 2.24. The predicted molar refractivity (Wildman–Crippen MR) is 112 cm³/mol. The highest BCUT2D eigenvalue weighted by Crippen LogP contribution is 2.36. The Morgan fingerprint density at radius 1 is 1.24 bits per heavy atom. The molecule has 0 saturated carbocycles. The molecule has 1 saturated heterocycles. The first-order valence-electron chi connectivity index (χ1n) is 9.76. The highest BCUT2D eigenvalue weighted by atomic mass is 16.5. The van der Waals surface area contributed by atoms with Crippen LogP contribution in [0.2, 0.25) is 0 Å². The highest BCUT2D eigenvalue weighted by molar-refractivity contribution is 6.01. The van der Waals surface area contributed by atoms with Crippen LogP contribution >= 0.6 is 0 Å². The van der Waals surface area contributed by atoms with Gasteiger partial charge < -0.3 is 9.64 Å². The first-order valence-corrected chi connectivity index (χ1v) is 9.76.